The highest BCUT2D eigenvalue weighted by Gasteiger charge is 2.38. The van der Waals surface area contributed by atoms with Gasteiger partial charge in [-0.15, -0.1) is 5.11 Å². The van der Waals surface area contributed by atoms with E-state index in [1.807, 2.05) is 0 Å². The molecule has 0 radical (unpaired) electrons. The van der Waals surface area contributed by atoms with Crippen molar-refractivity contribution in [2.24, 2.45) is 20.2 Å². The number of carboxylic acids is 1. The summed E-state index contributed by atoms with van der Waals surface area (Å²) < 4.78 is 31.7. The van der Waals surface area contributed by atoms with Gasteiger partial charge in [-0.1, -0.05) is 0 Å². The van der Waals surface area contributed by atoms with Crippen molar-refractivity contribution >= 4 is 24.1 Å². The summed E-state index contributed by atoms with van der Waals surface area (Å²) in [5, 5.41) is 14.2. The lowest BCUT2D eigenvalue weighted by atomic mass is 10.2. The van der Waals surface area contributed by atoms with Crippen LogP contribution in [-0.4, -0.2) is 35.3 Å². The second kappa shape index (κ2) is 4.63. The first-order valence-electron chi connectivity index (χ1n) is 3.88. The number of nitrogens with zero attached hydrogens (tertiary/aromatic N) is 4. The molecule has 0 aromatic heterocycles. The van der Waals surface area contributed by atoms with Crippen LogP contribution < -0.4 is 0 Å². The number of aliphatic imine (C=N–C) groups is 2. The van der Waals surface area contributed by atoms with Crippen LogP contribution in [0.5, 0.6) is 0 Å². The van der Waals surface area contributed by atoms with Crippen LogP contribution in [0.2, 0.25) is 0 Å². The number of aliphatic carboxylic acids is 1. The minimum absolute atomic E-state index is 0.324. The van der Waals surface area contributed by atoms with Gasteiger partial charge in [0.2, 0.25) is 0 Å². The van der Waals surface area contributed by atoms with E-state index in [-0.39, 0.29) is 5.91 Å². The first kappa shape index (κ1) is 12.7. The Labute approximate surface area is 91.1 Å². The predicted octanol–water partition coefficient (Wildman–Crippen LogP) is 0.936. The molecule has 10 heteroatoms. The molecule has 2 aliphatic rings. The Bertz CT molecular complexity index is 469. The number of amidine groups is 1. The predicted molar refractivity (Wildman–Crippen MR) is 47.6 cm³/mol. The highest BCUT2D eigenvalue weighted by molar-refractivity contribution is 6.26. The van der Waals surface area contributed by atoms with E-state index in [1.165, 1.54) is 12.5 Å². The third kappa shape index (κ3) is 3.29. The maximum absolute atomic E-state index is 10.8. The van der Waals surface area contributed by atoms with E-state index in [4.69, 9.17) is 9.90 Å². The molecule has 0 saturated heterocycles. The Morgan fingerprint density at radius 2 is 1.94 bits per heavy atom. The van der Waals surface area contributed by atoms with Crippen LogP contribution in [0.15, 0.2) is 32.0 Å². The lowest BCUT2D eigenvalue weighted by Gasteiger charge is -1.96. The number of carboxylic acid groups (broad SMARTS) is 1. The standard InChI is InChI=1S/C5H2N4O.C2HF3O2/c10-5-3-1-8-9-4(3)6-2-7-5;3-2(4,5)1(6)7/h1-2H;(H,6,7). The molecule has 0 fully saturated rings. The third-order valence-electron chi connectivity index (χ3n) is 1.41. The number of fused-ring (bicyclic) bond motifs is 1. The smallest absolute Gasteiger partial charge is 0.475 e. The van der Waals surface area contributed by atoms with Gasteiger partial charge in [-0.05, 0) is 0 Å². The summed E-state index contributed by atoms with van der Waals surface area (Å²) in [6, 6.07) is 0. The fourth-order valence-electron chi connectivity index (χ4n) is 0.705. The molecule has 0 aromatic carbocycles. The Hall–Kier alpha value is -2.39. The topological polar surface area (TPSA) is 104 Å². The van der Waals surface area contributed by atoms with Crippen molar-refractivity contribution in [3.63, 3.8) is 0 Å². The fraction of sp³-hybridized carbons (Fsp3) is 0.143. The average Bonchev–Trinajstić information content (AvgIpc) is 2.66. The van der Waals surface area contributed by atoms with Gasteiger partial charge in [0.1, 0.15) is 11.9 Å². The molecule has 0 unspecified atom stereocenters. The minimum atomic E-state index is -5.08. The Morgan fingerprint density at radius 3 is 2.41 bits per heavy atom. The largest absolute Gasteiger partial charge is 0.490 e. The molecule has 90 valence electrons. The van der Waals surface area contributed by atoms with E-state index < -0.39 is 12.1 Å². The van der Waals surface area contributed by atoms with Gasteiger partial charge >= 0.3 is 12.1 Å². The van der Waals surface area contributed by atoms with Crippen molar-refractivity contribution in [1.82, 2.24) is 0 Å². The molecular formula is C7H3F3N4O3. The molecule has 0 aliphatic carbocycles. The number of hydrogen-bond acceptors (Lipinski definition) is 5. The zero-order valence-corrected chi connectivity index (χ0v) is 7.84. The highest BCUT2D eigenvalue weighted by Crippen LogP contribution is 2.13. The summed E-state index contributed by atoms with van der Waals surface area (Å²) >= 11 is 0. The first-order chi connectivity index (χ1) is 7.82. The number of carbonyl (C=O) groups is 2. The highest BCUT2D eigenvalue weighted by atomic mass is 19.4. The molecule has 0 aromatic rings. The number of rotatable bonds is 0. The maximum Gasteiger partial charge on any atom is 0.490 e. The Kier molecular flexibility index (Phi) is 3.46. The summed E-state index contributed by atoms with van der Waals surface area (Å²) in [6.45, 7) is 0. The molecule has 0 bridgehead atoms. The molecule has 0 saturated carbocycles. The van der Waals surface area contributed by atoms with Crippen molar-refractivity contribution in [2.75, 3.05) is 0 Å². The molecule has 0 atom stereocenters. The maximum atomic E-state index is 10.8. The van der Waals surface area contributed by atoms with Crippen LogP contribution in [0.25, 0.3) is 0 Å². The summed E-state index contributed by atoms with van der Waals surface area (Å²) in [5.41, 5.74) is 0.377. The van der Waals surface area contributed by atoms with Crippen LogP contribution >= 0.6 is 0 Å². The number of alkyl halides is 3. The van der Waals surface area contributed by atoms with Crippen LogP contribution in [-0.2, 0) is 9.59 Å². The van der Waals surface area contributed by atoms with Crippen LogP contribution in [0.3, 0.4) is 0 Å². The zero-order chi connectivity index (χ0) is 13.1. The summed E-state index contributed by atoms with van der Waals surface area (Å²) in [7, 11) is 0. The van der Waals surface area contributed by atoms with Gasteiger partial charge < -0.3 is 5.11 Å². The van der Waals surface area contributed by atoms with Crippen molar-refractivity contribution in [1.29, 1.82) is 0 Å². The molecule has 1 N–H and O–H groups in total. The van der Waals surface area contributed by atoms with Crippen molar-refractivity contribution in [3.8, 4) is 0 Å². The number of amides is 1. The monoisotopic (exact) mass is 248 g/mol. The van der Waals surface area contributed by atoms with Gasteiger partial charge in [-0.2, -0.15) is 23.3 Å². The van der Waals surface area contributed by atoms with Crippen molar-refractivity contribution < 1.29 is 27.9 Å². The molecule has 7 nitrogen and oxygen atoms in total. The summed E-state index contributed by atoms with van der Waals surface area (Å²) in [4.78, 5) is 26.9. The molecular weight excluding hydrogens is 245 g/mol. The number of carbonyl (C=O) groups excluding carboxylic acids is 1. The number of hydrogen-bond donors (Lipinski definition) is 1. The van der Waals surface area contributed by atoms with Crippen LogP contribution in [0, 0.1) is 0 Å². The van der Waals surface area contributed by atoms with Crippen molar-refractivity contribution in [2.45, 2.75) is 6.18 Å². The van der Waals surface area contributed by atoms with E-state index in [0.717, 1.165) is 0 Å². The second-order valence-electron chi connectivity index (χ2n) is 2.56. The second-order valence-corrected chi connectivity index (χ2v) is 2.56. The third-order valence-corrected chi connectivity index (χ3v) is 1.41. The SMILES string of the molecule is O=C(O)C(F)(F)F.O=C1N=CN=C2N=NC=C12. The lowest BCUT2D eigenvalue weighted by molar-refractivity contribution is -0.192. The van der Waals surface area contributed by atoms with Gasteiger partial charge in [-0.3, -0.25) is 4.79 Å². The molecule has 0 spiro atoms. The van der Waals surface area contributed by atoms with Gasteiger partial charge in [0.15, 0.2) is 5.84 Å². The average molecular weight is 248 g/mol. The van der Waals surface area contributed by atoms with Crippen molar-refractivity contribution in [3.05, 3.63) is 11.8 Å². The Morgan fingerprint density at radius 1 is 1.35 bits per heavy atom. The molecule has 1 amide bonds. The minimum Gasteiger partial charge on any atom is -0.475 e. The molecule has 2 aliphatic heterocycles. The fourth-order valence-corrected chi connectivity index (χ4v) is 0.705. The molecule has 17 heavy (non-hydrogen) atoms. The summed E-state index contributed by atoms with van der Waals surface area (Å²) in [5.74, 6) is -2.72. The Balaban J connectivity index is 0.000000185. The first-order valence-corrected chi connectivity index (χ1v) is 3.88. The zero-order valence-electron chi connectivity index (χ0n) is 7.84. The molecule has 2 rings (SSSR count). The number of azo groups is 1. The van der Waals surface area contributed by atoms with Gasteiger partial charge in [0.25, 0.3) is 5.91 Å². The van der Waals surface area contributed by atoms with Gasteiger partial charge in [0.05, 0.1) is 6.20 Å². The van der Waals surface area contributed by atoms with E-state index in [1.54, 1.807) is 0 Å². The van der Waals surface area contributed by atoms with E-state index in [2.05, 4.69) is 20.2 Å². The quantitative estimate of drug-likeness (QED) is 0.689. The van der Waals surface area contributed by atoms with Gasteiger partial charge in [0, 0.05) is 0 Å². The molecule has 2 heterocycles. The van der Waals surface area contributed by atoms with E-state index in [0.29, 0.717) is 11.4 Å². The van der Waals surface area contributed by atoms with Crippen LogP contribution in [0.4, 0.5) is 13.2 Å². The van der Waals surface area contributed by atoms with E-state index in [9.17, 15) is 18.0 Å². The van der Waals surface area contributed by atoms with Gasteiger partial charge in [-0.25, -0.2) is 9.79 Å². The number of halogens is 3. The summed E-state index contributed by atoms with van der Waals surface area (Å²) in [6.07, 6.45) is -2.54. The normalized spacial score (nSPS) is 16.8. The van der Waals surface area contributed by atoms with Crippen LogP contribution in [0.1, 0.15) is 0 Å². The lowest BCUT2D eigenvalue weighted by Crippen LogP contribution is -2.21. The van der Waals surface area contributed by atoms with E-state index >= 15 is 0 Å².